The minimum Gasteiger partial charge on any atom is -0.365 e. The topological polar surface area (TPSA) is 9.23 Å². The van der Waals surface area contributed by atoms with Crippen LogP contribution in [-0.2, 0) is 11.2 Å². The Hall–Kier alpha value is -1.25. The Morgan fingerprint density at radius 2 is 1.80 bits per heavy atom. The summed E-state index contributed by atoms with van der Waals surface area (Å²) in [5.74, 6) is 1.15. The summed E-state index contributed by atoms with van der Waals surface area (Å²) < 4.78 is 5.67. The van der Waals surface area contributed by atoms with Gasteiger partial charge in [0, 0.05) is 7.11 Å². The molecule has 20 heavy (non-hydrogen) atoms. The number of benzene rings is 2. The maximum atomic E-state index is 5.67. The molecule has 0 N–H and O–H groups in total. The first-order valence-electron chi connectivity index (χ1n) is 6.82. The van der Waals surface area contributed by atoms with Crippen LogP contribution in [0.25, 0.3) is 0 Å². The van der Waals surface area contributed by atoms with Gasteiger partial charge in [0.05, 0.1) is 0 Å². The third kappa shape index (κ3) is 3.44. The molecule has 0 heterocycles. The lowest BCUT2D eigenvalue weighted by molar-refractivity contribution is 0.247. The van der Waals surface area contributed by atoms with E-state index in [0.717, 1.165) is 23.8 Å². The van der Waals surface area contributed by atoms with Gasteiger partial charge >= 0.3 is 0 Å². The van der Waals surface area contributed by atoms with Crippen molar-refractivity contribution in [3.63, 3.8) is 0 Å². The number of thioether (sulfide) groups is 1. The molecule has 0 amide bonds. The molecule has 2 aromatic rings. The van der Waals surface area contributed by atoms with Crippen LogP contribution in [0.1, 0.15) is 22.3 Å². The predicted octanol–water partition coefficient (Wildman–Crippen LogP) is 4.48. The van der Waals surface area contributed by atoms with Gasteiger partial charge in [-0.1, -0.05) is 48.5 Å². The Morgan fingerprint density at radius 3 is 2.45 bits per heavy atom. The molecule has 0 saturated heterocycles. The maximum absolute atomic E-state index is 5.67. The van der Waals surface area contributed by atoms with Crippen LogP contribution >= 0.6 is 11.8 Å². The molecule has 0 fully saturated rings. The minimum atomic E-state index is 0.953. The normalized spacial score (nSPS) is 11.0. The minimum absolute atomic E-state index is 0.953. The van der Waals surface area contributed by atoms with Crippen molar-refractivity contribution >= 4 is 11.8 Å². The first-order valence-corrected chi connectivity index (χ1v) is 8.21. The standard InChI is InChI=1S/C18H21OS/c1-14-15(12-13-20-3)10-7-11-17(14)18(19-2)16-8-5-4-6-9-16/h4-11H,12-13H2,1-3H3. The smallest absolute Gasteiger partial charge is 0.155 e. The zero-order valence-corrected chi connectivity index (χ0v) is 13.2. The molecule has 1 nitrogen and oxygen atoms in total. The Kier molecular flexibility index (Phi) is 5.69. The van der Waals surface area contributed by atoms with E-state index in [4.69, 9.17) is 4.74 Å². The highest BCUT2D eigenvalue weighted by molar-refractivity contribution is 7.98. The molecule has 105 valence electrons. The molecule has 2 rings (SSSR count). The van der Waals surface area contributed by atoms with Gasteiger partial charge in [0.2, 0.25) is 0 Å². The van der Waals surface area contributed by atoms with Gasteiger partial charge in [-0.15, -0.1) is 0 Å². The van der Waals surface area contributed by atoms with Crippen molar-refractivity contribution in [1.29, 1.82) is 0 Å². The number of aryl methyl sites for hydroxylation is 1. The summed E-state index contributed by atoms with van der Waals surface area (Å²) in [6, 6.07) is 16.8. The van der Waals surface area contributed by atoms with Crippen LogP contribution in [0.5, 0.6) is 0 Å². The number of methoxy groups -OCH3 is 1. The summed E-state index contributed by atoms with van der Waals surface area (Å²) in [5.41, 5.74) is 5.04. The maximum Gasteiger partial charge on any atom is 0.155 e. The third-order valence-electron chi connectivity index (χ3n) is 3.51. The van der Waals surface area contributed by atoms with Crippen LogP contribution < -0.4 is 0 Å². The van der Waals surface area contributed by atoms with E-state index >= 15 is 0 Å². The van der Waals surface area contributed by atoms with Crippen LogP contribution in [0.3, 0.4) is 0 Å². The molecular weight excluding hydrogens is 264 g/mol. The highest BCUT2D eigenvalue weighted by atomic mass is 32.2. The molecule has 1 radical (unpaired) electrons. The molecule has 2 aromatic carbocycles. The average Bonchev–Trinajstić information content (AvgIpc) is 2.49. The Labute approximate surface area is 126 Å². The molecule has 0 unspecified atom stereocenters. The van der Waals surface area contributed by atoms with E-state index < -0.39 is 0 Å². The number of hydrogen-bond acceptors (Lipinski definition) is 2. The number of rotatable bonds is 6. The van der Waals surface area contributed by atoms with Gasteiger partial charge in [-0.05, 0) is 47.6 Å². The lowest BCUT2D eigenvalue weighted by Crippen LogP contribution is -2.08. The van der Waals surface area contributed by atoms with Crippen LogP contribution in [-0.4, -0.2) is 19.1 Å². The predicted molar refractivity (Wildman–Crippen MR) is 88.2 cm³/mol. The van der Waals surface area contributed by atoms with Crippen molar-refractivity contribution in [2.75, 3.05) is 19.1 Å². The molecule has 0 bridgehead atoms. The second kappa shape index (κ2) is 7.51. The summed E-state index contributed by atoms with van der Waals surface area (Å²) in [6.07, 6.45) is 4.21. The molecule has 0 atom stereocenters. The molecule has 2 heteroatoms. The third-order valence-corrected chi connectivity index (χ3v) is 4.12. The van der Waals surface area contributed by atoms with Crippen LogP contribution in [0.2, 0.25) is 0 Å². The first kappa shape index (κ1) is 15.1. The zero-order chi connectivity index (χ0) is 14.4. The van der Waals surface area contributed by atoms with Crippen molar-refractivity contribution in [3.05, 3.63) is 76.9 Å². The van der Waals surface area contributed by atoms with Gasteiger partial charge in [0.1, 0.15) is 0 Å². The fraction of sp³-hybridized carbons (Fsp3) is 0.278. The van der Waals surface area contributed by atoms with E-state index in [-0.39, 0.29) is 0 Å². The molecule has 0 aliphatic carbocycles. The highest BCUT2D eigenvalue weighted by Crippen LogP contribution is 2.28. The summed E-state index contributed by atoms with van der Waals surface area (Å²) in [7, 11) is 1.75. The summed E-state index contributed by atoms with van der Waals surface area (Å²) >= 11 is 1.88. The quantitative estimate of drug-likeness (QED) is 0.774. The monoisotopic (exact) mass is 285 g/mol. The lowest BCUT2D eigenvalue weighted by atomic mass is 9.93. The fourth-order valence-electron chi connectivity index (χ4n) is 2.39. The van der Waals surface area contributed by atoms with Crippen molar-refractivity contribution in [2.45, 2.75) is 13.3 Å². The van der Waals surface area contributed by atoms with Gasteiger partial charge in [0.15, 0.2) is 6.10 Å². The SMILES string of the molecule is CO[C](c1ccccc1)c1cccc(CCSC)c1C. The van der Waals surface area contributed by atoms with Crippen molar-refractivity contribution in [1.82, 2.24) is 0 Å². The van der Waals surface area contributed by atoms with E-state index in [0.29, 0.717) is 0 Å². The Bertz CT molecular complexity index is 536. The average molecular weight is 285 g/mol. The molecule has 0 aliphatic rings. The van der Waals surface area contributed by atoms with Gasteiger partial charge in [-0.3, -0.25) is 0 Å². The van der Waals surface area contributed by atoms with E-state index in [2.05, 4.69) is 43.5 Å². The van der Waals surface area contributed by atoms with Gasteiger partial charge in [0.25, 0.3) is 0 Å². The van der Waals surface area contributed by atoms with Crippen molar-refractivity contribution < 1.29 is 4.74 Å². The summed E-state index contributed by atoms with van der Waals surface area (Å²) in [6.45, 7) is 2.19. The second-order valence-electron chi connectivity index (χ2n) is 4.73. The number of hydrogen-bond donors (Lipinski definition) is 0. The molecule has 0 spiro atoms. The lowest BCUT2D eigenvalue weighted by Gasteiger charge is -2.19. The molecule has 0 aliphatic heterocycles. The van der Waals surface area contributed by atoms with Crippen LogP contribution in [0.15, 0.2) is 48.5 Å². The van der Waals surface area contributed by atoms with E-state index in [1.807, 2.05) is 30.0 Å². The fourth-order valence-corrected chi connectivity index (χ4v) is 2.81. The molecular formula is C18H21OS. The van der Waals surface area contributed by atoms with Crippen molar-refractivity contribution in [2.24, 2.45) is 0 Å². The van der Waals surface area contributed by atoms with Crippen molar-refractivity contribution in [3.8, 4) is 0 Å². The summed E-state index contributed by atoms with van der Waals surface area (Å²) in [4.78, 5) is 0. The first-order chi connectivity index (χ1) is 9.77. The molecule has 0 aromatic heterocycles. The summed E-state index contributed by atoms with van der Waals surface area (Å²) in [5, 5.41) is 0. The zero-order valence-electron chi connectivity index (χ0n) is 12.3. The van der Waals surface area contributed by atoms with E-state index in [1.54, 1.807) is 7.11 Å². The van der Waals surface area contributed by atoms with Crippen LogP contribution in [0, 0.1) is 13.0 Å². The van der Waals surface area contributed by atoms with Gasteiger partial charge < -0.3 is 4.74 Å². The second-order valence-corrected chi connectivity index (χ2v) is 5.72. The van der Waals surface area contributed by atoms with Crippen LogP contribution in [0.4, 0.5) is 0 Å². The van der Waals surface area contributed by atoms with Gasteiger partial charge in [-0.2, -0.15) is 11.8 Å². The van der Waals surface area contributed by atoms with E-state index in [9.17, 15) is 0 Å². The largest absolute Gasteiger partial charge is 0.365 e. The molecule has 0 saturated carbocycles. The number of ether oxygens (including phenoxy) is 1. The Balaban J connectivity index is 2.35. The highest BCUT2D eigenvalue weighted by Gasteiger charge is 2.18. The Morgan fingerprint density at radius 1 is 1.05 bits per heavy atom. The van der Waals surface area contributed by atoms with E-state index in [1.165, 1.54) is 16.7 Å². The van der Waals surface area contributed by atoms with Gasteiger partial charge in [-0.25, -0.2) is 0 Å².